The number of nitrogens with zero attached hydrogens (tertiary/aromatic N) is 3. The lowest BCUT2D eigenvalue weighted by Crippen LogP contribution is -2.35. The first-order valence-electron chi connectivity index (χ1n) is 6.59. The van der Waals surface area contributed by atoms with Crippen molar-refractivity contribution in [2.75, 3.05) is 38.6 Å². The van der Waals surface area contributed by atoms with Crippen molar-refractivity contribution >= 4 is 21.7 Å². The van der Waals surface area contributed by atoms with Crippen molar-refractivity contribution in [3.8, 4) is 0 Å². The summed E-state index contributed by atoms with van der Waals surface area (Å²) < 4.78 is 0.900. The quantitative estimate of drug-likeness (QED) is 0.833. The van der Waals surface area contributed by atoms with Crippen LogP contribution in [-0.2, 0) is 6.61 Å². The molecule has 0 fully saturated rings. The molecule has 108 valence electrons. The number of anilines is 1. The van der Waals surface area contributed by atoms with E-state index in [2.05, 4.69) is 58.7 Å². The fourth-order valence-corrected chi connectivity index (χ4v) is 2.30. The summed E-state index contributed by atoms with van der Waals surface area (Å²) in [6, 6.07) is 1.94. The Morgan fingerprint density at radius 1 is 1.32 bits per heavy atom. The minimum absolute atomic E-state index is 0.0122. The van der Waals surface area contributed by atoms with E-state index >= 15 is 0 Å². The Balaban J connectivity index is 2.95. The molecule has 1 aromatic rings. The van der Waals surface area contributed by atoms with Gasteiger partial charge in [0.25, 0.3) is 0 Å². The fraction of sp³-hybridized carbons (Fsp3) is 0.643. The summed E-state index contributed by atoms with van der Waals surface area (Å²) in [5, 5.41) is 9.51. The van der Waals surface area contributed by atoms with Crippen molar-refractivity contribution in [3.63, 3.8) is 0 Å². The highest BCUT2D eigenvalue weighted by atomic mass is 79.9. The second kappa shape index (κ2) is 7.82. The Hall–Kier alpha value is -0.650. The molecule has 0 unspecified atom stereocenters. The van der Waals surface area contributed by atoms with Gasteiger partial charge in [-0.3, -0.25) is 0 Å². The van der Waals surface area contributed by atoms with Crippen LogP contribution in [0.2, 0.25) is 0 Å². The lowest BCUT2D eigenvalue weighted by Gasteiger charge is -2.28. The van der Waals surface area contributed by atoms with E-state index in [1.807, 2.05) is 6.07 Å². The van der Waals surface area contributed by atoms with Gasteiger partial charge >= 0.3 is 0 Å². The van der Waals surface area contributed by atoms with Crippen molar-refractivity contribution in [1.82, 2.24) is 9.88 Å². The second-order valence-corrected chi connectivity index (χ2v) is 6.35. The third kappa shape index (κ3) is 5.47. The Bertz CT molecular complexity index is 396. The number of likely N-dealkylation sites (N-methyl/N-ethyl adjacent to an activating group) is 1. The van der Waals surface area contributed by atoms with Crippen LogP contribution < -0.4 is 4.90 Å². The summed E-state index contributed by atoms with van der Waals surface area (Å²) in [6.45, 7) is 7.22. The molecule has 1 aromatic heterocycles. The van der Waals surface area contributed by atoms with Crippen molar-refractivity contribution in [2.45, 2.75) is 20.5 Å². The number of pyridine rings is 1. The molecule has 0 saturated carbocycles. The molecule has 19 heavy (non-hydrogen) atoms. The molecule has 4 nitrogen and oxygen atoms in total. The van der Waals surface area contributed by atoms with Crippen molar-refractivity contribution < 1.29 is 5.11 Å². The van der Waals surface area contributed by atoms with Crippen molar-refractivity contribution in [1.29, 1.82) is 0 Å². The van der Waals surface area contributed by atoms with Crippen molar-refractivity contribution in [3.05, 3.63) is 22.3 Å². The van der Waals surface area contributed by atoms with Crippen LogP contribution in [0.15, 0.2) is 16.7 Å². The van der Waals surface area contributed by atoms with Gasteiger partial charge in [0.05, 0.1) is 6.61 Å². The van der Waals surface area contributed by atoms with Crippen LogP contribution in [0.1, 0.15) is 19.4 Å². The van der Waals surface area contributed by atoms with Gasteiger partial charge in [-0.1, -0.05) is 13.8 Å². The molecule has 0 saturated heterocycles. The van der Waals surface area contributed by atoms with E-state index < -0.39 is 0 Å². The van der Waals surface area contributed by atoms with Gasteiger partial charge in [-0.15, -0.1) is 0 Å². The zero-order valence-corrected chi connectivity index (χ0v) is 13.8. The van der Waals surface area contributed by atoms with E-state index in [9.17, 15) is 5.11 Å². The number of aromatic nitrogens is 1. The van der Waals surface area contributed by atoms with Gasteiger partial charge in [0, 0.05) is 35.9 Å². The highest BCUT2D eigenvalue weighted by Gasteiger charge is 2.14. The molecular weight excluding hydrogens is 306 g/mol. The second-order valence-electron chi connectivity index (χ2n) is 5.44. The van der Waals surface area contributed by atoms with Crippen LogP contribution in [0.3, 0.4) is 0 Å². The van der Waals surface area contributed by atoms with Gasteiger partial charge in [-0.2, -0.15) is 0 Å². The number of hydrogen-bond donors (Lipinski definition) is 1. The van der Waals surface area contributed by atoms with Crippen LogP contribution in [0.25, 0.3) is 0 Å². The van der Waals surface area contributed by atoms with E-state index in [0.717, 1.165) is 35.5 Å². The number of aliphatic hydroxyl groups excluding tert-OH is 1. The van der Waals surface area contributed by atoms with Crippen LogP contribution >= 0.6 is 15.9 Å². The minimum atomic E-state index is 0.0122. The molecule has 0 amide bonds. The van der Waals surface area contributed by atoms with Crippen molar-refractivity contribution in [2.24, 2.45) is 5.92 Å². The average molecular weight is 330 g/mol. The van der Waals surface area contributed by atoms with E-state index in [0.29, 0.717) is 5.92 Å². The fourth-order valence-electron chi connectivity index (χ4n) is 1.92. The van der Waals surface area contributed by atoms with E-state index in [-0.39, 0.29) is 6.61 Å². The molecule has 0 spiro atoms. The zero-order valence-electron chi connectivity index (χ0n) is 12.2. The zero-order chi connectivity index (χ0) is 14.4. The Labute approximate surface area is 124 Å². The van der Waals surface area contributed by atoms with Crippen LogP contribution in [0.4, 0.5) is 5.82 Å². The largest absolute Gasteiger partial charge is 0.392 e. The predicted molar refractivity (Wildman–Crippen MR) is 83.5 cm³/mol. The van der Waals surface area contributed by atoms with E-state index in [4.69, 9.17) is 0 Å². The van der Waals surface area contributed by atoms with Gasteiger partial charge in [-0.25, -0.2) is 4.98 Å². The van der Waals surface area contributed by atoms with Gasteiger partial charge in [-0.05, 0) is 42.0 Å². The summed E-state index contributed by atoms with van der Waals surface area (Å²) in [6.07, 6.45) is 1.79. The highest BCUT2D eigenvalue weighted by molar-refractivity contribution is 9.10. The SMILES string of the molecule is CC(C)CN(CCN(C)C)c1ncc(Br)cc1CO. The maximum atomic E-state index is 9.51. The smallest absolute Gasteiger partial charge is 0.134 e. The topological polar surface area (TPSA) is 39.6 Å². The summed E-state index contributed by atoms with van der Waals surface area (Å²) in [4.78, 5) is 8.89. The van der Waals surface area contributed by atoms with Gasteiger partial charge < -0.3 is 14.9 Å². The van der Waals surface area contributed by atoms with Crippen LogP contribution in [-0.4, -0.2) is 48.7 Å². The molecule has 0 atom stereocenters. The molecule has 0 aliphatic rings. The lowest BCUT2D eigenvalue weighted by molar-refractivity contribution is 0.281. The number of rotatable bonds is 7. The Morgan fingerprint density at radius 2 is 2.00 bits per heavy atom. The Morgan fingerprint density at radius 3 is 2.53 bits per heavy atom. The number of halogens is 1. The summed E-state index contributed by atoms with van der Waals surface area (Å²) >= 11 is 3.40. The molecule has 0 radical (unpaired) electrons. The van der Waals surface area contributed by atoms with E-state index in [1.165, 1.54) is 0 Å². The highest BCUT2D eigenvalue weighted by Crippen LogP contribution is 2.22. The first-order valence-corrected chi connectivity index (χ1v) is 7.38. The summed E-state index contributed by atoms with van der Waals surface area (Å²) in [7, 11) is 4.13. The molecule has 1 heterocycles. The molecule has 5 heteroatoms. The maximum absolute atomic E-state index is 9.51. The summed E-state index contributed by atoms with van der Waals surface area (Å²) in [5.41, 5.74) is 0.869. The van der Waals surface area contributed by atoms with E-state index in [1.54, 1.807) is 6.20 Å². The molecule has 0 aliphatic carbocycles. The third-order valence-corrected chi connectivity index (χ3v) is 3.22. The maximum Gasteiger partial charge on any atom is 0.134 e. The molecule has 0 aromatic carbocycles. The molecule has 1 N–H and O–H groups in total. The van der Waals surface area contributed by atoms with Gasteiger partial charge in [0.15, 0.2) is 0 Å². The molecular formula is C14H24BrN3O. The Kier molecular flexibility index (Phi) is 6.75. The van der Waals surface area contributed by atoms with Gasteiger partial charge in [0.1, 0.15) is 5.82 Å². The first kappa shape index (κ1) is 16.4. The summed E-state index contributed by atoms with van der Waals surface area (Å²) in [5.74, 6) is 1.44. The lowest BCUT2D eigenvalue weighted by atomic mass is 10.2. The normalized spacial score (nSPS) is 11.4. The molecule has 0 bridgehead atoms. The van der Waals surface area contributed by atoms with Crippen LogP contribution in [0.5, 0.6) is 0 Å². The standard InChI is InChI=1S/C14H24BrN3O/c1-11(2)9-18(6-5-17(3)4)14-12(10-19)7-13(15)8-16-14/h7-8,11,19H,5-6,9-10H2,1-4H3. The number of aliphatic hydroxyl groups is 1. The first-order chi connectivity index (χ1) is 8.93. The predicted octanol–water partition coefficient (Wildman–Crippen LogP) is 2.36. The van der Waals surface area contributed by atoms with Gasteiger partial charge in [0.2, 0.25) is 0 Å². The molecule has 0 aliphatic heterocycles. The molecule has 1 rings (SSSR count). The third-order valence-electron chi connectivity index (χ3n) is 2.78. The monoisotopic (exact) mass is 329 g/mol. The average Bonchev–Trinajstić information content (AvgIpc) is 2.33. The number of hydrogen-bond acceptors (Lipinski definition) is 4. The van der Waals surface area contributed by atoms with Crippen LogP contribution in [0, 0.1) is 5.92 Å². The minimum Gasteiger partial charge on any atom is -0.392 e.